The predicted molar refractivity (Wildman–Crippen MR) is 74.9 cm³/mol. The highest BCUT2D eigenvalue weighted by atomic mass is 32.1. The Balaban J connectivity index is 2.29. The number of nitrogens with two attached hydrogens (primary N) is 1. The zero-order valence-corrected chi connectivity index (χ0v) is 12.1. The van der Waals surface area contributed by atoms with Crippen LogP contribution in [0.15, 0.2) is 16.0 Å². The summed E-state index contributed by atoms with van der Waals surface area (Å²) in [5.74, 6) is 0.296. The van der Waals surface area contributed by atoms with Crippen LogP contribution < -0.4 is 5.73 Å². The maximum absolute atomic E-state index is 8.70. The molecule has 1 rings (SSSR count). The highest BCUT2D eigenvalue weighted by Gasteiger charge is 2.23. The quantitative estimate of drug-likeness (QED) is 0.344. The Morgan fingerprint density at radius 3 is 2.89 bits per heavy atom. The maximum Gasteiger partial charge on any atom is 0.144 e. The van der Waals surface area contributed by atoms with Gasteiger partial charge in [-0.1, -0.05) is 19.0 Å². The second kappa shape index (κ2) is 6.70. The summed E-state index contributed by atoms with van der Waals surface area (Å²) in [5, 5.41) is 13.9. The van der Waals surface area contributed by atoms with Gasteiger partial charge in [-0.05, 0) is 26.4 Å². The molecule has 0 amide bonds. The Kier molecular flexibility index (Phi) is 5.55. The minimum Gasteiger partial charge on any atom is -0.409 e. The van der Waals surface area contributed by atoms with Crippen molar-refractivity contribution >= 4 is 17.2 Å². The lowest BCUT2D eigenvalue weighted by molar-refractivity contribution is 0.286. The third-order valence-electron chi connectivity index (χ3n) is 3.06. The standard InChI is InChI=1S/C12H22N4OS/c1-12(2,11(13)15-17)5-4-6-16(3)7-10-8-18-9-14-10/h8-9,17H,4-7H2,1-3H3,(H2,13,15). The molecule has 0 atom stereocenters. The van der Waals surface area contributed by atoms with Crippen LogP contribution in [0.4, 0.5) is 0 Å². The topological polar surface area (TPSA) is 74.7 Å². The molecule has 18 heavy (non-hydrogen) atoms. The monoisotopic (exact) mass is 270 g/mol. The molecule has 0 unspecified atom stereocenters. The van der Waals surface area contributed by atoms with Crippen molar-refractivity contribution in [3.63, 3.8) is 0 Å². The predicted octanol–water partition coefficient (Wildman–Crippen LogP) is 2.13. The third kappa shape index (κ3) is 4.62. The average molecular weight is 270 g/mol. The number of thiazole rings is 1. The van der Waals surface area contributed by atoms with Crippen molar-refractivity contribution in [2.24, 2.45) is 16.3 Å². The molecule has 0 spiro atoms. The lowest BCUT2D eigenvalue weighted by Crippen LogP contribution is -2.32. The summed E-state index contributed by atoms with van der Waals surface area (Å²) in [6, 6.07) is 0. The summed E-state index contributed by atoms with van der Waals surface area (Å²) in [7, 11) is 2.08. The SMILES string of the molecule is CN(CCCC(C)(C)C(N)=NO)Cc1cscn1. The summed E-state index contributed by atoms with van der Waals surface area (Å²) in [4.78, 5) is 6.49. The fraction of sp³-hybridized carbons (Fsp3) is 0.667. The first-order valence-corrected chi connectivity index (χ1v) is 6.93. The Morgan fingerprint density at radius 2 is 2.33 bits per heavy atom. The second-order valence-electron chi connectivity index (χ2n) is 5.19. The van der Waals surface area contributed by atoms with Crippen LogP contribution in [0.1, 0.15) is 32.4 Å². The molecule has 0 aliphatic rings. The minimum atomic E-state index is -0.254. The van der Waals surface area contributed by atoms with Gasteiger partial charge in [0.1, 0.15) is 5.84 Å². The van der Waals surface area contributed by atoms with Crippen LogP contribution in [0, 0.1) is 5.41 Å². The number of hydrogen-bond acceptors (Lipinski definition) is 5. The molecule has 5 nitrogen and oxygen atoms in total. The van der Waals surface area contributed by atoms with Crippen molar-refractivity contribution in [2.75, 3.05) is 13.6 Å². The van der Waals surface area contributed by atoms with Crippen LogP contribution in [0.2, 0.25) is 0 Å². The number of aromatic nitrogens is 1. The Morgan fingerprint density at radius 1 is 1.61 bits per heavy atom. The normalized spacial score (nSPS) is 13.2. The van der Waals surface area contributed by atoms with Gasteiger partial charge in [0.2, 0.25) is 0 Å². The van der Waals surface area contributed by atoms with Gasteiger partial charge in [0.15, 0.2) is 0 Å². The molecule has 0 aromatic carbocycles. The lowest BCUT2D eigenvalue weighted by atomic mass is 9.86. The molecule has 1 aromatic rings. The molecule has 0 bridgehead atoms. The molecular formula is C12H22N4OS. The fourth-order valence-electron chi connectivity index (χ4n) is 1.73. The Labute approximate surface area is 112 Å². The second-order valence-corrected chi connectivity index (χ2v) is 5.91. The first-order chi connectivity index (χ1) is 8.45. The smallest absolute Gasteiger partial charge is 0.144 e. The van der Waals surface area contributed by atoms with Gasteiger partial charge in [0, 0.05) is 17.3 Å². The molecule has 0 aliphatic carbocycles. The summed E-state index contributed by atoms with van der Waals surface area (Å²) < 4.78 is 0. The summed E-state index contributed by atoms with van der Waals surface area (Å²) in [6.45, 7) is 5.82. The van der Waals surface area contributed by atoms with E-state index in [-0.39, 0.29) is 5.41 Å². The van der Waals surface area contributed by atoms with Gasteiger partial charge in [-0.25, -0.2) is 4.98 Å². The molecule has 0 saturated heterocycles. The van der Waals surface area contributed by atoms with E-state index in [0.29, 0.717) is 5.84 Å². The number of rotatable bonds is 7. The van der Waals surface area contributed by atoms with E-state index in [1.54, 1.807) is 11.3 Å². The molecule has 1 heterocycles. The van der Waals surface area contributed by atoms with Crippen LogP contribution in [-0.4, -0.2) is 34.5 Å². The van der Waals surface area contributed by atoms with Crippen molar-refractivity contribution in [2.45, 2.75) is 33.2 Å². The Bertz CT molecular complexity index is 375. The largest absolute Gasteiger partial charge is 0.409 e. The van der Waals surface area contributed by atoms with Crippen LogP contribution in [-0.2, 0) is 6.54 Å². The zero-order chi connectivity index (χ0) is 13.6. The van der Waals surface area contributed by atoms with Gasteiger partial charge < -0.3 is 15.8 Å². The van der Waals surface area contributed by atoms with Crippen LogP contribution >= 0.6 is 11.3 Å². The molecule has 102 valence electrons. The van der Waals surface area contributed by atoms with Crippen molar-refractivity contribution < 1.29 is 5.21 Å². The van der Waals surface area contributed by atoms with Crippen molar-refractivity contribution in [1.29, 1.82) is 0 Å². The molecule has 0 saturated carbocycles. The Hall–Kier alpha value is -1.14. The van der Waals surface area contributed by atoms with E-state index < -0.39 is 0 Å². The van der Waals surface area contributed by atoms with E-state index in [9.17, 15) is 0 Å². The van der Waals surface area contributed by atoms with E-state index in [4.69, 9.17) is 10.9 Å². The van der Waals surface area contributed by atoms with Crippen molar-refractivity contribution in [1.82, 2.24) is 9.88 Å². The average Bonchev–Trinajstić information content (AvgIpc) is 2.80. The van der Waals surface area contributed by atoms with E-state index in [0.717, 1.165) is 31.6 Å². The van der Waals surface area contributed by atoms with Gasteiger partial charge in [-0.3, -0.25) is 0 Å². The van der Waals surface area contributed by atoms with Crippen molar-refractivity contribution in [3.05, 3.63) is 16.6 Å². The molecule has 1 aromatic heterocycles. The molecule has 6 heteroatoms. The van der Waals surface area contributed by atoms with Crippen molar-refractivity contribution in [3.8, 4) is 0 Å². The molecule has 0 radical (unpaired) electrons. The summed E-state index contributed by atoms with van der Waals surface area (Å²) >= 11 is 1.62. The van der Waals surface area contributed by atoms with Crippen LogP contribution in [0.3, 0.4) is 0 Å². The first-order valence-electron chi connectivity index (χ1n) is 5.99. The van der Waals surface area contributed by atoms with Gasteiger partial charge in [0.25, 0.3) is 0 Å². The third-order valence-corrected chi connectivity index (χ3v) is 3.69. The van der Waals surface area contributed by atoms with Crippen LogP contribution in [0.25, 0.3) is 0 Å². The van der Waals surface area contributed by atoms with E-state index >= 15 is 0 Å². The first kappa shape index (κ1) is 14.9. The number of oxime groups is 1. The molecular weight excluding hydrogens is 248 g/mol. The fourth-order valence-corrected chi connectivity index (χ4v) is 2.28. The number of amidine groups is 1. The van der Waals surface area contributed by atoms with Gasteiger partial charge >= 0.3 is 0 Å². The summed E-state index contributed by atoms with van der Waals surface area (Å²) in [6.07, 6.45) is 1.90. The molecule has 0 aliphatic heterocycles. The zero-order valence-electron chi connectivity index (χ0n) is 11.3. The molecule has 0 fully saturated rings. The van der Waals surface area contributed by atoms with E-state index in [2.05, 4.69) is 27.5 Å². The lowest BCUT2D eigenvalue weighted by Gasteiger charge is -2.24. The number of hydrogen-bond donors (Lipinski definition) is 2. The minimum absolute atomic E-state index is 0.254. The van der Waals surface area contributed by atoms with Gasteiger partial charge in [-0.2, -0.15) is 0 Å². The van der Waals surface area contributed by atoms with Gasteiger partial charge in [-0.15, -0.1) is 11.3 Å². The van der Waals surface area contributed by atoms with E-state index in [1.165, 1.54) is 0 Å². The highest BCUT2D eigenvalue weighted by Crippen LogP contribution is 2.22. The van der Waals surface area contributed by atoms with Gasteiger partial charge in [0.05, 0.1) is 11.2 Å². The maximum atomic E-state index is 8.70. The summed E-state index contributed by atoms with van der Waals surface area (Å²) in [5.41, 5.74) is 8.36. The van der Waals surface area contributed by atoms with E-state index in [1.807, 2.05) is 19.4 Å². The highest BCUT2D eigenvalue weighted by molar-refractivity contribution is 7.07. The molecule has 3 N–H and O–H groups in total. The van der Waals surface area contributed by atoms with Crippen LogP contribution in [0.5, 0.6) is 0 Å². The number of nitrogens with zero attached hydrogens (tertiary/aromatic N) is 3.